The first-order valence-corrected chi connectivity index (χ1v) is 5.69. The summed E-state index contributed by atoms with van der Waals surface area (Å²) < 4.78 is 0. The van der Waals surface area contributed by atoms with E-state index >= 15 is 0 Å². The summed E-state index contributed by atoms with van der Waals surface area (Å²) >= 11 is 0. The molecule has 0 aromatic heterocycles. The number of carboxylic acids is 1. The van der Waals surface area contributed by atoms with Crippen molar-refractivity contribution in [3.8, 4) is 12.1 Å². The van der Waals surface area contributed by atoms with E-state index in [0.29, 0.717) is 17.1 Å². The van der Waals surface area contributed by atoms with Gasteiger partial charge in [-0.1, -0.05) is 33.1 Å². The molecule has 0 aromatic carbocycles. The van der Waals surface area contributed by atoms with Crippen molar-refractivity contribution in [3.63, 3.8) is 0 Å². The first kappa shape index (κ1) is 21.9. The highest BCUT2D eigenvalue weighted by molar-refractivity contribution is 5.85. The van der Waals surface area contributed by atoms with Crippen LogP contribution in [0, 0.1) is 28.6 Å². The van der Waals surface area contributed by atoms with Crippen molar-refractivity contribution in [2.24, 2.45) is 5.92 Å². The predicted octanol–water partition coefficient (Wildman–Crippen LogP) is 3.85. The number of nitriles is 2. The fraction of sp³-hybridized carbons (Fsp3) is 0.400. The van der Waals surface area contributed by atoms with Crippen molar-refractivity contribution in [3.05, 3.63) is 36.5 Å². The number of nitrogens with zero attached hydrogens (tertiary/aromatic N) is 2. The third-order valence-electron chi connectivity index (χ3n) is 1.51. The van der Waals surface area contributed by atoms with Crippen molar-refractivity contribution in [2.75, 3.05) is 0 Å². The number of hydrogen-bond donors (Lipinski definition) is 1. The van der Waals surface area contributed by atoms with Gasteiger partial charge in [0.2, 0.25) is 0 Å². The highest BCUT2D eigenvalue weighted by atomic mass is 16.4. The molecule has 0 bridgehead atoms. The van der Waals surface area contributed by atoms with Crippen LogP contribution < -0.4 is 0 Å². The monoisotopic (exact) mass is 262 g/mol. The Morgan fingerprint density at radius 3 is 1.89 bits per heavy atom. The second-order valence-corrected chi connectivity index (χ2v) is 4.05. The maximum atomic E-state index is 10.2. The lowest BCUT2D eigenvalue weighted by molar-refractivity contribution is -0.132. The lowest BCUT2D eigenvalue weighted by Crippen LogP contribution is -1.96. The molecule has 1 N–H and O–H groups in total. The average Bonchev–Trinajstić information content (AvgIpc) is 2.36. The molecule has 0 heterocycles. The van der Waals surface area contributed by atoms with Gasteiger partial charge in [-0.15, -0.1) is 0 Å². The van der Waals surface area contributed by atoms with Crippen LogP contribution in [0.3, 0.4) is 0 Å². The Bertz CT molecular complexity index is 393. The lowest BCUT2D eigenvalue weighted by atomic mass is 10.1. The zero-order chi connectivity index (χ0) is 15.8. The maximum absolute atomic E-state index is 10.2. The van der Waals surface area contributed by atoms with Gasteiger partial charge in [-0.2, -0.15) is 10.5 Å². The van der Waals surface area contributed by atoms with Crippen LogP contribution in [0.4, 0.5) is 0 Å². The molecule has 0 saturated heterocycles. The Balaban J connectivity index is -0.000000238. The average molecular weight is 262 g/mol. The van der Waals surface area contributed by atoms with Crippen LogP contribution in [0.25, 0.3) is 0 Å². The Kier molecular flexibility index (Phi) is 18.1. The zero-order valence-corrected chi connectivity index (χ0v) is 12.1. The summed E-state index contributed by atoms with van der Waals surface area (Å²) in [5, 5.41) is 23.7. The Morgan fingerprint density at radius 1 is 1.37 bits per heavy atom. The van der Waals surface area contributed by atoms with Gasteiger partial charge in [0.15, 0.2) is 0 Å². The minimum atomic E-state index is -0.819. The van der Waals surface area contributed by atoms with Gasteiger partial charge in [0.05, 0.1) is 12.1 Å². The van der Waals surface area contributed by atoms with Gasteiger partial charge >= 0.3 is 5.97 Å². The molecule has 19 heavy (non-hydrogen) atoms. The van der Waals surface area contributed by atoms with Crippen molar-refractivity contribution in [1.82, 2.24) is 0 Å². The van der Waals surface area contributed by atoms with Crippen LogP contribution in [0.2, 0.25) is 0 Å². The zero-order valence-electron chi connectivity index (χ0n) is 12.1. The van der Waals surface area contributed by atoms with E-state index in [9.17, 15) is 4.79 Å². The quantitative estimate of drug-likeness (QED) is 0.618. The van der Waals surface area contributed by atoms with E-state index in [1.54, 1.807) is 26.0 Å². The van der Waals surface area contributed by atoms with Crippen LogP contribution in [0.1, 0.15) is 34.1 Å². The molecule has 4 nitrogen and oxygen atoms in total. The molecule has 4 heteroatoms. The Morgan fingerprint density at radius 2 is 1.74 bits per heavy atom. The molecule has 0 aliphatic carbocycles. The topological polar surface area (TPSA) is 84.9 Å². The Labute approximate surface area is 116 Å². The van der Waals surface area contributed by atoms with Crippen molar-refractivity contribution in [2.45, 2.75) is 34.1 Å². The molecule has 104 valence electrons. The van der Waals surface area contributed by atoms with Gasteiger partial charge in [-0.25, -0.2) is 4.79 Å². The molecular weight excluding hydrogens is 240 g/mol. The molecular formula is C15H22N2O2. The molecule has 0 unspecified atom stereocenters. The third kappa shape index (κ3) is 31.3. The van der Waals surface area contributed by atoms with Crippen molar-refractivity contribution < 1.29 is 9.90 Å². The van der Waals surface area contributed by atoms with Crippen LogP contribution in [-0.4, -0.2) is 11.1 Å². The smallest absolute Gasteiger partial charge is 0.330 e. The summed E-state index contributed by atoms with van der Waals surface area (Å²) in [6.45, 7) is 13.8. The van der Waals surface area contributed by atoms with Crippen LogP contribution in [-0.2, 0) is 4.79 Å². The number of carbonyl (C=O) groups is 1. The van der Waals surface area contributed by atoms with Crippen LogP contribution >= 0.6 is 0 Å². The van der Waals surface area contributed by atoms with Gasteiger partial charge in [-0.3, -0.25) is 0 Å². The second-order valence-electron chi connectivity index (χ2n) is 4.05. The number of rotatable bonds is 3. The lowest BCUT2D eigenvalue weighted by Gasteiger charge is -1.97. The summed E-state index contributed by atoms with van der Waals surface area (Å²) in [5.74, 6) is -0.282. The Hall–Kier alpha value is -2.33. The fourth-order valence-electron chi connectivity index (χ4n) is 0.500. The molecule has 0 rings (SSSR count). The van der Waals surface area contributed by atoms with Crippen molar-refractivity contribution in [1.29, 1.82) is 10.5 Å². The molecule has 0 amide bonds. The summed E-state index contributed by atoms with van der Waals surface area (Å²) in [6.07, 6.45) is 3.78. The second kappa shape index (κ2) is 15.7. The molecule has 0 aromatic rings. The van der Waals surface area contributed by atoms with Crippen molar-refractivity contribution >= 4 is 5.97 Å². The molecule has 0 spiro atoms. The number of carboxylic acid groups (broad SMARTS) is 1. The fourth-order valence-corrected chi connectivity index (χ4v) is 0.500. The van der Waals surface area contributed by atoms with E-state index in [1.165, 1.54) is 6.08 Å². The molecule has 0 aliphatic rings. The van der Waals surface area contributed by atoms with E-state index < -0.39 is 5.97 Å². The molecule has 0 fully saturated rings. The van der Waals surface area contributed by atoms with E-state index in [2.05, 4.69) is 27.0 Å². The first-order valence-electron chi connectivity index (χ1n) is 5.69. The number of hydrogen-bond acceptors (Lipinski definition) is 3. The summed E-state index contributed by atoms with van der Waals surface area (Å²) in [6, 6.07) is 3.53. The van der Waals surface area contributed by atoms with Gasteiger partial charge < -0.3 is 5.11 Å². The normalized spacial score (nSPS) is 8.68. The molecule has 0 atom stereocenters. The summed E-state index contributed by atoms with van der Waals surface area (Å²) in [7, 11) is 0. The molecule has 0 saturated carbocycles. The van der Waals surface area contributed by atoms with E-state index in [1.807, 2.05) is 6.07 Å². The van der Waals surface area contributed by atoms with Gasteiger partial charge in [0.1, 0.15) is 0 Å². The van der Waals surface area contributed by atoms with Gasteiger partial charge in [0.25, 0.3) is 0 Å². The van der Waals surface area contributed by atoms with Gasteiger partial charge in [0, 0.05) is 17.2 Å². The first-order chi connectivity index (χ1) is 8.72. The van der Waals surface area contributed by atoms with E-state index in [0.717, 1.165) is 6.42 Å². The van der Waals surface area contributed by atoms with Gasteiger partial charge in [-0.05, 0) is 26.2 Å². The molecule has 0 aliphatic heterocycles. The third-order valence-corrected chi connectivity index (χ3v) is 1.51. The standard InChI is InChI=1S/C8H14O2.C4H5N.C3H3N/c1-6(2)4-5-7(3)8(9)10;1-4(2)3-5;1-2-3-4/h5-6H,4H2,1-3H3,(H,9,10);1H2,2H3;2H,1H2. The maximum Gasteiger partial charge on any atom is 0.330 e. The summed E-state index contributed by atoms with van der Waals surface area (Å²) in [5.41, 5.74) is 0.999. The highest BCUT2D eigenvalue weighted by Crippen LogP contribution is 2.03. The van der Waals surface area contributed by atoms with E-state index in [-0.39, 0.29) is 0 Å². The highest BCUT2D eigenvalue weighted by Gasteiger charge is 1.98. The SMILES string of the molecule is C=C(C)C#N.C=CC#N.CC(=CCC(C)C)C(=O)O. The summed E-state index contributed by atoms with van der Waals surface area (Å²) in [4.78, 5) is 10.2. The van der Waals surface area contributed by atoms with Crippen LogP contribution in [0.5, 0.6) is 0 Å². The molecule has 0 radical (unpaired) electrons. The van der Waals surface area contributed by atoms with E-state index in [4.69, 9.17) is 15.6 Å². The largest absolute Gasteiger partial charge is 0.478 e. The minimum absolute atomic E-state index is 0.439. The van der Waals surface area contributed by atoms with Crippen LogP contribution in [0.15, 0.2) is 36.5 Å². The number of aliphatic carboxylic acids is 1. The minimum Gasteiger partial charge on any atom is -0.478 e. The predicted molar refractivity (Wildman–Crippen MR) is 77.1 cm³/mol. The number of allylic oxidation sites excluding steroid dienone is 3.